The van der Waals surface area contributed by atoms with Crippen molar-refractivity contribution in [2.75, 3.05) is 12.4 Å². The molecule has 0 aliphatic carbocycles. The first-order chi connectivity index (χ1) is 12.1. The second kappa shape index (κ2) is 7.27. The minimum atomic E-state index is -0.448. The molecule has 0 aliphatic heterocycles. The zero-order valence-corrected chi connectivity index (χ0v) is 14.6. The van der Waals surface area contributed by atoms with E-state index >= 15 is 0 Å². The molecule has 0 saturated carbocycles. The predicted octanol–water partition coefficient (Wildman–Crippen LogP) is 4.16. The van der Waals surface area contributed by atoms with Crippen molar-refractivity contribution in [2.45, 2.75) is 6.92 Å². The number of thiazole rings is 1. The average Bonchev–Trinajstić information content (AvgIpc) is 3.04. The normalized spacial score (nSPS) is 10.3. The number of hydrogen-bond acceptors (Lipinski definition) is 5. The van der Waals surface area contributed by atoms with Gasteiger partial charge in [0, 0.05) is 11.3 Å². The molecule has 1 aromatic heterocycles. The number of benzene rings is 2. The lowest BCUT2D eigenvalue weighted by molar-refractivity contribution is 0.0600. The van der Waals surface area contributed by atoms with E-state index in [1.54, 1.807) is 24.3 Å². The third-order valence-corrected chi connectivity index (χ3v) is 4.77. The van der Waals surface area contributed by atoms with E-state index in [-0.39, 0.29) is 5.91 Å². The summed E-state index contributed by atoms with van der Waals surface area (Å²) in [4.78, 5) is 29.2. The van der Waals surface area contributed by atoms with Crippen molar-refractivity contribution in [3.8, 4) is 10.6 Å². The Kier molecular flexibility index (Phi) is 4.90. The molecule has 1 N–H and O–H groups in total. The summed E-state index contributed by atoms with van der Waals surface area (Å²) >= 11 is 1.34. The van der Waals surface area contributed by atoms with E-state index in [1.807, 2.05) is 37.3 Å². The molecule has 3 aromatic rings. The number of nitrogens with zero attached hydrogens (tertiary/aromatic N) is 1. The summed E-state index contributed by atoms with van der Waals surface area (Å²) in [6.45, 7) is 1.81. The zero-order chi connectivity index (χ0) is 17.8. The van der Waals surface area contributed by atoms with Crippen molar-refractivity contribution in [1.29, 1.82) is 0 Å². The third kappa shape index (κ3) is 3.75. The van der Waals surface area contributed by atoms with Gasteiger partial charge in [-0.05, 0) is 25.1 Å². The molecule has 0 aliphatic rings. The van der Waals surface area contributed by atoms with Gasteiger partial charge in [0.1, 0.15) is 9.88 Å². The van der Waals surface area contributed by atoms with Gasteiger partial charge in [-0.15, -0.1) is 11.3 Å². The summed E-state index contributed by atoms with van der Waals surface area (Å²) in [5.41, 5.74) is 2.56. The van der Waals surface area contributed by atoms with E-state index in [4.69, 9.17) is 4.74 Å². The number of hydrogen-bond donors (Lipinski definition) is 1. The van der Waals surface area contributed by atoms with Gasteiger partial charge in [0.25, 0.3) is 5.91 Å². The molecule has 5 nitrogen and oxygen atoms in total. The van der Waals surface area contributed by atoms with Crippen LogP contribution in [-0.2, 0) is 4.74 Å². The second-order valence-corrected chi connectivity index (χ2v) is 6.33. The molecular weight excluding hydrogens is 336 g/mol. The maximum atomic E-state index is 12.6. The Morgan fingerprint density at radius 3 is 2.56 bits per heavy atom. The molecule has 1 heterocycles. The van der Waals surface area contributed by atoms with E-state index in [2.05, 4.69) is 10.3 Å². The van der Waals surface area contributed by atoms with Crippen LogP contribution in [0, 0.1) is 6.92 Å². The molecule has 2 aromatic carbocycles. The highest BCUT2D eigenvalue weighted by Gasteiger charge is 2.17. The van der Waals surface area contributed by atoms with Crippen molar-refractivity contribution in [3.05, 3.63) is 70.7 Å². The molecular formula is C19H16N2O3S. The molecule has 1 amide bonds. The van der Waals surface area contributed by atoms with Crippen LogP contribution in [0.5, 0.6) is 0 Å². The van der Waals surface area contributed by atoms with Crippen LogP contribution in [0.3, 0.4) is 0 Å². The van der Waals surface area contributed by atoms with Crippen LogP contribution in [0.25, 0.3) is 10.6 Å². The topological polar surface area (TPSA) is 68.3 Å². The van der Waals surface area contributed by atoms with Crippen LogP contribution in [0.2, 0.25) is 0 Å². The fourth-order valence-corrected chi connectivity index (χ4v) is 3.31. The van der Waals surface area contributed by atoms with Crippen LogP contribution in [0.1, 0.15) is 25.7 Å². The van der Waals surface area contributed by atoms with Crippen molar-refractivity contribution < 1.29 is 14.3 Å². The molecule has 0 radical (unpaired) electrons. The number of aromatic nitrogens is 1. The minimum absolute atomic E-state index is 0.251. The van der Waals surface area contributed by atoms with Gasteiger partial charge in [0.15, 0.2) is 0 Å². The summed E-state index contributed by atoms with van der Waals surface area (Å²) in [5.74, 6) is -0.698. The number of anilines is 1. The van der Waals surface area contributed by atoms with Gasteiger partial charge in [-0.3, -0.25) is 4.79 Å². The smallest absolute Gasteiger partial charge is 0.337 e. The number of nitrogens with one attached hydrogen (secondary N) is 1. The Hall–Kier alpha value is -2.99. The Labute approximate surface area is 149 Å². The Morgan fingerprint density at radius 2 is 1.84 bits per heavy atom. The fourth-order valence-electron chi connectivity index (χ4n) is 2.34. The van der Waals surface area contributed by atoms with E-state index in [1.165, 1.54) is 18.4 Å². The van der Waals surface area contributed by atoms with E-state index in [0.29, 0.717) is 21.8 Å². The molecule has 0 unspecified atom stereocenters. The van der Waals surface area contributed by atoms with Gasteiger partial charge in [-0.1, -0.05) is 36.4 Å². The van der Waals surface area contributed by atoms with Crippen molar-refractivity contribution in [2.24, 2.45) is 0 Å². The van der Waals surface area contributed by atoms with E-state index in [0.717, 1.165) is 10.6 Å². The molecule has 0 fully saturated rings. The number of carbonyl (C=O) groups excluding carboxylic acids is 2. The molecule has 0 bridgehead atoms. The number of amides is 1. The monoisotopic (exact) mass is 352 g/mol. The van der Waals surface area contributed by atoms with Crippen LogP contribution < -0.4 is 5.32 Å². The highest BCUT2D eigenvalue weighted by atomic mass is 32.1. The second-order valence-electron chi connectivity index (χ2n) is 5.33. The summed E-state index contributed by atoms with van der Waals surface area (Å²) < 4.78 is 4.69. The van der Waals surface area contributed by atoms with Crippen molar-refractivity contribution >= 4 is 28.9 Å². The standard InChI is InChI=1S/C19H16N2O3S/c1-12-16(25-18(20-12)13-7-4-3-5-8-13)17(22)21-15-10-6-9-14(11-15)19(23)24-2/h3-11H,1-2H3,(H,21,22). The molecule has 3 rings (SSSR count). The highest BCUT2D eigenvalue weighted by Crippen LogP contribution is 2.28. The highest BCUT2D eigenvalue weighted by molar-refractivity contribution is 7.17. The largest absolute Gasteiger partial charge is 0.465 e. The Bertz CT molecular complexity index is 919. The maximum Gasteiger partial charge on any atom is 0.337 e. The lowest BCUT2D eigenvalue weighted by Gasteiger charge is -2.06. The number of ether oxygens (including phenoxy) is 1. The van der Waals surface area contributed by atoms with Crippen LogP contribution in [0.15, 0.2) is 54.6 Å². The lowest BCUT2D eigenvalue weighted by atomic mass is 10.2. The van der Waals surface area contributed by atoms with Gasteiger partial charge in [0.2, 0.25) is 0 Å². The summed E-state index contributed by atoms with van der Waals surface area (Å²) in [7, 11) is 1.32. The molecule has 126 valence electrons. The van der Waals surface area contributed by atoms with Crippen molar-refractivity contribution in [1.82, 2.24) is 4.98 Å². The van der Waals surface area contributed by atoms with Crippen LogP contribution >= 0.6 is 11.3 Å². The van der Waals surface area contributed by atoms with Gasteiger partial charge >= 0.3 is 5.97 Å². The maximum absolute atomic E-state index is 12.6. The van der Waals surface area contributed by atoms with Crippen molar-refractivity contribution in [3.63, 3.8) is 0 Å². The first-order valence-corrected chi connectivity index (χ1v) is 8.42. The first kappa shape index (κ1) is 16.9. The Morgan fingerprint density at radius 1 is 1.08 bits per heavy atom. The number of rotatable bonds is 4. The lowest BCUT2D eigenvalue weighted by Crippen LogP contribution is -2.12. The quantitative estimate of drug-likeness (QED) is 0.716. The van der Waals surface area contributed by atoms with Gasteiger partial charge < -0.3 is 10.1 Å². The molecule has 6 heteroatoms. The number of methoxy groups -OCH3 is 1. The summed E-state index contributed by atoms with van der Waals surface area (Å²) in [5, 5.41) is 3.60. The SMILES string of the molecule is COC(=O)c1cccc(NC(=O)c2sc(-c3ccccc3)nc2C)c1. The van der Waals surface area contributed by atoms with Crippen LogP contribution in [0.4, 0.5) is 5.69 Å². The molecule has 0 saturated heterocycles. The fraction of sp³-hybridized carbons (Fsp3) is 0.105. The number of aryl methyl sites for hydroxylation is 1. The van der Waals surface area contributed by atoms with Gasteiger partial charge in [-0.25, -0.2) is 9.78 Å². The summed E-state index contributed by atoms with van der Waals surface area (Å²) in [6, 6.07) is 16.3. The van der Waals surface area contributed by atoms with E-state index < -0.39 is 5.97 Å². The molecule has 0 atom stereocenters. The molecule has 25 heavy (non-hydrogen) atoms. The minimum Gasteiger partial charge on any atom is -0.465 e. The number of esters is 1. The third-order valence-electron chi connectivity index (χ3n) is 3.57. The zero-order valence-electron chi connectivity index (χ0n) is 13.8. The van der Waals surface area contributed by atoms with Gasteiger partial charge in [-0.2, -0.15) is 0 Å². The van der Waals surface area contributed by atoms with Crippen LogP contribution in [-0.4, -0.2) is 24.0 Å². The van der Waals surface area contributed by atoms with E-state index in [9.17, 15) is 9.59 Å². The predicted molar refractivity (Wildman–Crippen MR) is 98.0 cm³/mol. The molecule has 0 spiro atoms. The van der Waals surface area contributed by atoms with Gasteiger partial charge in [0.05, 0.1) is 18.4 Å². The summed E-state index contributed by atoms with van der Waals surface area (Å²) in [6.07, 6.45) is 0. The first-order valence-electron chi connectivity index (χ1n) is 7.61. The number of carbonyl (C=O) groups is 2. The Balaban J connectivity index is 1.83. The average molecular weight is 352 g/mol.